The lowest BCUT2D eigenvalue weighted by molar-refractivity contribution is -0.133. The molecule has 136 valence electrons. The van der Waals surface area contributed by atoms with Crippen LogP contribution in [0.3, 0.4) is 0 Å². The van der Waals surface area contributed by atoms with Crippen molar-refractivity contribution in [2.45, 2.75) is 32.4 Å². The van der Waals surface area contributed by atoms with Crippen molar-refractivity contribution in [2.24, 2.45) is 5.92 Å². The van der Waals surface area contributed by atoms with Gasteiger partial charge in [0.25, 0.3) is 0 Å². The van der Waals surface area contributed by atoms with Gasteiger partial charge in [-0.25, -0.2) is 0 Å². The minimum atomic E-state index is -0.0572. The van der Waals surface area contributed by atoms with E-state index in [1.807, 2.05) is 17.2 Å². The van der Waals surface area contributed by atoms with Crippen LogP contribution in [-0.2, 0) is 24.3 Å². The molecule has 4 rings (SSSR count). The fraction of sp³-hybridized carbons (Fsp3) is 0.429. The van der Waals surface area contributed by atoms with Gasteiger partial charge in [-0.3, -0.25) is 14.5 Å². The van der Waals surface area contributed by atoms with E-state index in [0.29, 0.717) is 12.5 Å². The fourth-order valence-corrected chi connectivity index (χ4v) is 4.10. The van der Waals surface area contributed by atoms with Crippen LogP contribution in [0.2, 0.25) is 0 Å². The third kappa shape index (κ3) is 3.88. The minimum Gasteiger partial charge on any atom is -0.342 e. The van der Waals surface area contributed by atoms with Crippen molar-refractivity contribution in [3.63, 3.8) is 0 Å². The molecular formula is C21H25N3O2. The Morgan fingerprint density at radius 3 is 2.35 bits per heavy atom. The number of likely N-dealkylation sites (tertiary alicyclic amines) is 1. The summed E-state index contributed by atoms with van der Waals surface area (Å²) in [4.78, 5) is 30.8. The van der Waals surface area contributed by atoms with Gasteiger partial charge < -0.3 is 9.88 Å². The fourth-order valence-electron chi connectivity index (χ4n) is 4.10. The predicted octanol–water partition coefficient (Wildman–Crippen LogP) is 2.17. The number of amides is 1. The Hall–Kier alpha value is -2.40. The van der Waals surface area contributed by atoms with E-state index in [4.69, 9.17) is 0 Å². The third-order valence-electron chi connectivity index (χ3n) is 5.61. The SMILES string of the molecule is O=C(CN1Cc2ccccc2C1)N1CCC(Cc2ccc(=O)[nH]c2)CC1. The highest BCUT2D eigenvalue weighted by Crippen LogP contribution is 2.24. The van der Waals surface area contributed by atoms with E-state index < -0.39 is 0 Å². The van der Waals surface area contributed by atoms with Gasteiger partial charge in [-0.05, 0) is 41.9 Å². The maximum Gasteiger partial charge on any atom is 0.247 e. The molecule has 1 aromatic carbocycles. The Morgan fingerprint density at radius 2 is 1.73 bits per heavy atom. The molecule has 1 amide bonds. The second-order valence-electron chi connectivity index (χ2n) is 7.50. The Kier molecular flexibility index (Phi) is 4.89. The number of piperidine rings is 1. The van der Waals surface area contributed by atoms with Crippen LogP contribution < -0.4 is 5.56 Å². The van der Waals surface area contributed by atoms with E-state index in [-0.39, 0.29) is 11.5 Å². The number of H-pyrrole nitrogens is 1. The van der Waals surface area contributed by atoms with Gasteiger partial charge in [0, 0.05) is 38.4 Å². The molecule has 5 heteroatoms. The number of aromatic nitrogens is 1. The largest absolute Gasteiger partial charge is 0.342 e. The molecule has 1 N–H and O–H groups in total. The first-order valence-corrected chi connectivity index (χ1v) is 9.42. The van der Waals surface area contributed by atoms with Crippen LogP contribution in [0.15, 0.2) is 47.4 Å². The predicted molar refractivity (Wildman–Crippen MR) is 101 cm³/mol. The summed E-state index contributed by atoms with van der Waals surface area (Å²) in [6, 6.07) is 11.9. The quantitative estimate of drug-likeness (QED) is 0.918. The van der Waals surface area contributed by atoms with Gasteiger partial charge in [0.15, 0.2) is 0 Å². The van der Waals surface area contributed by atoms with Crippen LogP contribution in [0.25, 0.3) is 0 Å². The van der Waals surface area contributed by atoms with Gasteiger partial charge in [-0.1, -0.05) is 30.3 Å². The van der Waals surface area contributed by atoms with Crippen LogP contribution in [0.5, 0.6) is 0 Å². The maximum absolute atomic E-state index is 12.7. The summed E-state index contributed by atoms with van der Waals surface area (Å²) < 4.78 is 0. The third-order valence-corrected chi connectivity index (χ3v) is 5.61. The van der Waals surface area contributed by atoms with Crippen molar-refractivity contribution in [3.05, 3.63) is 69.6 Å². The standard InChI is InChI=1S/C21H25N3O2/c25-20-6-5-17(12-22-20)11-16-7-9-24(10-8-16)21(26)15-23-13-18-3-1-2-4-19(18)14-23/h1-6,12,16H,7-11,13-15H2,(H,22,25). The van der Waals surface area contributed by atoms with Gasteiger partial charge in [0.05, 0.1) is 6.54 Å². The lowest BCUT2D eigenvalue weighted by Gasteiger charge is -2.33. The molecule has 3 heterocycles. The Bertz CT molecular complexity index is 792. The van der Waals surface area contributed by atoms with Crippen LogP contribution in [0.4, 0.5) is 0 Å². The van der Waals surface area contributed by atoms with Crippen molar-refractivity contribution < 1.29 is 4.79 Å². The molecule has 0 radical (unpaired) electrons. The summed E-state index contributed by atoms with van der Waals surface area (Å²) in [5.41, 5.74) is 3.81. The number of pyridine rings is 1. The van der Waals surface area contributed by atoms with Crippen molar-refractivity contribution in [1.82, 2.24) is 14.8 Å². The Balaban J connectivity index is 1.25. The van der Waals surface area contributed by atoms with Gasteiger partial charge in [-0.2, -0.15) is 0 Å². The average Bonchev–Trinajstić information content (AvgIpc) is 3.06. The molecule has 5 nitrogen and oxygen atoms in total. The highest BCUT2D eigenvalue weighted by atomic mass is 16.2. The first kappa shape index (κ1) is 17.0. The molecule has 26 heavy (non-hydrogen) atoms. The van der Waals surface area contributed by atoms with Gasteiger partial charge in [0.1, 0.15) is 0 Å². The Labute approximate surface area is 153 Å². The van der Waals surface area contributed by atoms with Crippen molar-refractivity contribution >= 4 is 5.91 Å². The molecule has 0 aliphatic carbocycles. The molecule has 0 unspecified atom stereocenters. The number of carbonyl (C=O) groups is 1. The van der Waals surface area contributed by atoms with E-state index >= 15 is 0 Å². The topological polar surface area (TPSA) is 56.4 Å². The van der Waals surface area contributed by atoms with Crippen molar-refractivity contribution in [2.75, 3.05) is 19.6 Å². The number of hydrogen-bond acceptors (Lipinski definition) is 3. The normalized spacial score (nSPS) is 18.1. The maximum atomic E-state index is 12.7. The zero-order chi connectivity index (χ0) is 17.9. The van der Waals surface area contributed by atoms with E-state index in [1.54, 1.807) is 6.07 Å². The monoisotopic (exact) mass is 351 g/mol. The highest BCUT2D eigenvalue weighted by Gasteiger charge is 2.26. The summed E-state index contributed by atoms with van der Waals surface area (Å²) in [7, 11) is 0. The summed E-state index contributed by atoms with van der Waals surface area (Å²) in [6.45, 7) is 3.95. The number of rotatable bonds is 4. The lowest BCUT2D eigenvalue weighted by atomic mass is 9.90. The second-order valence-corrected chi connectivity index (χ2v) is 7.50. The summed E-state index contributed by atoms with van der Waals surface area (Å²) in [5.74, 6) is 0.835. The molecule has 0 spiro atoms. The van der Waals surface area contributed by atoms with Crippen molar-refractivity contribution in [3.8, 4) is 0 Å². The zero-order valence-corrected chi connectivity index (χ0v) is 15.0. The first-order chi connectivity index (χ1) is 12.7. The molecule has 0 atom stereocenters. The molecular weight excluding hydrogens is 326 g/mol. The van der Waals surface area contributed by atoms with Crippen LogP contribution >= 0.6 is 0 Å². The zero-order valence-electron chi connectivity index (χ0n) is 15.0. The van der Waals surface area contributed by atoms with E-state index in [1.165, 1.54) is 16.7 Å². The van der Waals surface area contributed by atoms with E-state index in [2.05, 4.69) is 34.1 Å². The minimum absolute atomic E-state index is 0.0572. The second kappa shape index (κ2) is 7.46. The van der Waals surface area contributed by atoms with Crippen molar-refractivity contribution in [1.29, 1.82) is 0 Å². The van der Waals surface area contributed by atoms with Crippen LogP contribution in [-0.4, -0.2) is 40.3 Å². The molecule has 1 aromatic heterocycles. The number of fused-ring (bicyclic) bond motifs is 1. The Morgan fingerprint density at radius 1 is 1.04 bits per heavy atom. The lowest BCUT2D eigenvalue weighted by Crippen LogP contribution is -2.43. The summed E-state index contributed by atoms with van der Waals surface area (Å²) in [6.07, 6.45) is 4.85. The number of hydrogen-bond donors (Lipinski definition) is 1. The molecule has 0 saturated carbocycles. The number of nitrogens with one attached hydrogen (secondary N) is 1. The molecule has 2 aliphatic rings. The molecule has 1 fully saturated rings. The van der Waals surface area contributed by atoms with Crippen LogP contribution in [0.1, 0.15) is 29.5 Å². The summed E-state index contributed by atoms with van der Waals surface area (Å²) >= 11 is 0. The van der Waals surface area contributed by atoms with Gasteiger partial charge in [-0.15, -0.1) is 0 Å². The molecule has 1 saturated heterocycles. The van der Waals surface area contributed by atoms with E-state index in [9.17, 15) is 9.59 Å². The number of aromatic amines is 1. The first-order valence-electron chi connectivity index (χ1n) is 9.42. The number of carbonyl (C=O) groups excluding carboxylic acids is 1. The molecule has 0 bridgehead atoms. The van der Waals surface area contributed by atoms with Gasteiger partial charge in [0.2, 0.25) is 11.5 Å². The smallest absolute Gasteiger partial charge is 0.247 e. The number of nitrogens with zero attached hydrogens (tertiary/aromatic N) is 2. The van der Waals surface area contributed by atoms with E-state index in [0.717, 1.165) is 45.4 Å². The van der Waals surface area contributed by atoms with Gasteiger partial charge >= 0.3 is 0 Å². The molecule has 2 aromatic rings. The number of benzene rings is 1. The van der Waals surface area contributed by atoms with Crippen LogP contribution in [0, 0.1) is 5.92 Å². The molecule has 2 aliphatic heterocycles. The summed E-state index contributed by atoms with van der Waals surface area (Å²) in [5, 5.41) is 0. The highest BCUT2D eigenvalue weighted by molar-refractivity contribution is 5.78. The average molecular weight is 351 g/mol.